The van der Waals surface area contributed by atoms with E-state index in [0.717, 1.165) is 6.07 Å². The number of nitrogens with zero attached hydrogens (tertiary/aromatic N) is 2. The Balaban J connectivity index is 1.80. The molecule has 2 N–H and O–H groups in total. The molecule has 0 bridgehead atoms. The van der Waals surface area contributed by atoms with Crippen LogP contribution in [-0.4, -0.2) is 21.5 Å². The molecule has 3 rings (SSSR count). The van der Waals surface area contributed by atoms with Gasteiger partial charge in [-0.2, -0.15) is 5.10 Å². The second-order valence-electron chi connectivity index (χ2n) is 5.92. The number of nitrogens with one attached hydrogen (secondary N) is 2. The molecule has 3 aromatic rings. The number of benzene rings is 2. The number of aryl methyl sites for hydroxylation is 1. The quantitative estimate of drug-likeness (QED) is 0.305. The van der Waals surface area contributed by atoms with E-state index in [1.54, 1.807) is 38.1 Å². The van der Waals surface area contributed by atoms with Crippen LogP contribution in [0, 0.1) is 31.3 Å². The van der Waals surface area contributed by atoms with Crippen LogP contribution in [0.2, 0.25) is 0 Å². The molecule has 1 aromatic heterocycles. The Morgan fingerprint density at radius 1 is 0.964 bits per heavy atom. The number of carbonyl (C=O) groups is 2. The van der Waals surface area contributed by atoms with Gasteiger partial charge in [-0.15, -0.1) is 0 Å². The number of ketones is 1. The van der Waals surface area contributed by atoms with Crippen molar-refractivity contribution in [3.8, 4) is 5.69 Å². The van der Waals surface area contributed by atoms with E-state index in [0.29, 0.717) is 23.1 Å². The van der Waals surface area contributed by atoms with Crippen molar-refractivity contribution in [2.75, 3.05) is 5.43 Å². The first-order chi connectivity index (χ1) is 13.3. The Bertz CT molecular complexity index is 1060. The number of hydrazine groups is 1. The number of Topliss-reactive ketones (excluding diaryl/α,β-unsaturated/α-hetero) is 1. The minimum atomic E-state index is -1.69. The second-order valence-corrected chi connectivity index (χ2v) is 5.92. The Kier molecular flexibility index (Phi) is 5.16. The highest BCUT2D eigenvalue weighted by molar-refractivity contribution is 6.43. The van der Waals surface area contributed by atoms with E-state index < -0.39 is 34.8 Å². The van der Waals surface area contributed by atoms with Crippen molar-refractivity contribution in [1.29, 1.82) is 0 Å². The summed E-state index contributed by atoms with van der Waals surface area (Å²) < 4.78 is 41.3. The van der Waals surface area contributed by atoms with Gasteiger partial charge in [0.1, 0.15) is 0 Å². The summed E-state index contributed by atoms with van der Waals surface area (Å²) in [5.41, 5.74) is 5.13. The molecular weight excluding hydrogens is 373 g/mol. The molecule has 0 radical (unpaired) electrons. The predicted molar refractivity (Wildman–Crippen MR) is 95.4 cm³/mol. The third kappa shape index (κ3) is 3.46. The van der Waals surface area contributed by atoms with Gasteiger partial charge in [0.2, 0.25) is 0 Å². The summed E-state index contributed by atoms with van der Waals surface area (Å²) >= 11 is 0. The fourth-order valence-electron chi connectivity index (χ4n) is 2.71. The Hall–Kier alpha value is -3.62. The van der Waals surface area contributed by atoms with Crippen molar-refractivity contribution in [3.05, 3.63) is 76.9 Å². The molecule has 0 aliphatic rings. The molecule has 144 valence electrons. The summed E-state index contributed by atoms with van der Waals surface area (Å²) in [7, 11) is 0. The number of aromatic nitrogens is 2. The smallest absolute Gasteiger partial charge is 0.295 e. The largest absolute Gasteiger partial charge is 0.310 e. The fraction of sp³-hybridized carbons (Fsp3) is 0.105. The molecule has 0 aliphatic heterocycles. The number of hydrogen-bond donors (Lipinski definition) is 2. The molecular formula is C19H15F3N4O2. The lowest BCUT2D eigenvalue weighted by atomic mass is 10.1. The number of carbonyl (C=O) groups excluding carboxylic acids is 2. The van der Waals surface area contributed by atoms with E-state index in [1.165, 1.54) is 4.68 Å². The van der Waals surface area contributed by atoms with Crippen molar-refractivity contribution < 1.29 is 22.8 Å². The molecule has 0 saturated heterocycles. The summed E-state index contributed by atoms with van der Waals surface area (Å²) in [4.78, 5) is 24.7. The third-order valence-electron chi connectivity index (χ3n) is 4.07. The molecule has 0 unspecified atom stereocenters. The monoisotopic (exact) mass is 388 g/mol. The van der Waals surface area contributed by atoms with Gasteiger partial charge in [-0.1, -0.05) is 18.2 Å². The van der Waals surface area contributed by atoms with Crippen LogP contribution in [0.25, 0.3) is 5.69 Å². The highest BCUT2D eigenvalue weighted by Crippen LogP contribution is 2.20. The van der Waals surface area contributed by atoms with Gasteiger partial charge in [-0.25, -0.2) is 17.9 Å². The fourth-order valence-corrected chi connectivity index (χ4v) is 2.71. The highest BCUT2D eigenvalue weighted by Gasteiger charge is 2.25. The van der Waals surface area contributed by atoms with Gasteiger partial charge in [-0.05, 0) is 38.1 Å². The van der Waals surface area contributed by atoms with Crippen LogP contribution in [0.4, 0.5) is 18.9 Å². The van der Waals surface area contributed by atoms with Gasteiger partial charge in [0.25, 0.3) is 5.78 Å². The molecule has 0 aliphatic carbocycles. The first-order valence-electron chi connectivity index (χ1n) is 8.17. The average molecular weight is 388 g/mol. The van der Waals surface area contributed by atoms with Gasteiger partial charge in [0.05, 0.1) is 28.3 Å². The van der Waals surface area contributed by atoms with Crippen LogP contribution in [-0.2, 0) is 4.79 Å². The van der Waals surface area contributed by atoms with E-state index in [9.17, 15) is 22.8 Å². The number of para-hydroxylation sites is 1. The molecule has 2 aromatic carbocycles. The third-order valence-corrected chi connectivity index (χ3v) is 4.07. The van der Waals surface area contributed by atoms with Gasteiger partial charge in [-0.3, -0.25) is 20.4 Å². The zero-order valence-electron chi connectivity index (χ0n) is 14.9. The maximum atomic E-state index is 13.6. The average Bonchev–Trinajstić information content (AvgIpc) is 2.99. The number of hydrogen-bond acceptors (Lipinski definition) is 4. The van der Waals surface area contributed by atoms with E-state index in [1.807, 2.05) is 11.5 Å². The summed E-state index contributed by atoms with van der Waals surface area (Å²) in [5, 5.41) is 4.28. The summed E-state index contributed by atoms with van der Waals surface area (Å²) in [5.74, 6) is -6.60. The zero-order valence-corrected chi connectivity index (χ0v) is 14.9. The summed E-state index contributed by atoms with van der Waals surface area (Å²) in [6, 6.07) is 10.6. The Labute approximate surface area is 158 Å². The molecule has 1 amide bonds. The lowest BCUT2D eigenvalue weighted by Crippen LogP contribution is -2.36. The van der Waals surface area contributed by atoms with Crippen molar-refractivity contribution in [3.63, 3.8) is 0 Å². The van der Waals surface area contributed by atoms with Crippen molar-refractivity contribution in [2.24, 2.45) is 0 Å². The van der Waals surface area contributed by atoms with Crippen molar-refractivity contribution >= 4 is 17.4 Å². The number of amides is 1. The number of halogens is 3. The van der Waals surface area contributed by atoms with Crippen LogP contribution >= 0.6 is 0 Å². The Morgan fingerprint density at radius 3 is 2.32 bits per heavy atom. The standard InChI is InChI=1S/C19H15F3N4O2/c1-10-15(11(2)26(25-10)12-6-4-3-5-7-12)18(27)19(28)24-23-14-9-8-13(20)16(21)17(14)22/h3-9,23H,1-2H3,(H,24,28). The molecule has 0 spiro atoms. The molecule has 0 atom stereocenters. The lowest BCUT2D eigenvalue weighted by molar-refractivity contribution is -0.116. The lowest BCUT2D eigenvalue weighted by Gasteiger charge is -2.10. The summed E-state index contributed by atoms with van der Waals surface area (Å²) in [6.07, 6.45) is 0. The highest BCUT2D eigenvalue weighted by atomic mass is 19.2. The van der Waals surface area contributed by atoms with E-state index in [4.69, 9.17) is 0 Å². The first kappa shape index (κ1) is 19.2. The van der Waals surface area contributed by atoms with Crippen LogP contribution in [0.5, 0.6) is 0 Å². The molecule has 0 fully saturated rings. The minimum Gasteiger partial charge on any atom is -0.295 e. The Morgan fingerprint density at radius 2 is 1.64 bits per heavy atom. The van der Waals surface area contributed by atoms with Gasteiger partial charge >= 0.3 is 5.91 Å². The molecule has 1 heterocycles. The zero-order chi connectivity index (χ0) is 20.4. The van der Waals surface area contributed by atoms with Crippen LogP contribution < -0.4 is 10.9 Å². The van der Waals surface area contributed by atoms with E-state index >= 15 is 0 Å². The first-order valence-corrected chi connectivity index (χ1v) is 8.17. The predicted octanol–water partition coefficient (Wildman–Crippen LogP) is 3.23. The van der Waals surface area contributed by atoms with Crippen molar-refractivity contribution in [2.45, 2.75) is 13.8 Å². The number of anilines is 1. The summed E-state index contributed by atoms with van der Waals surface area (Å²) in [6.45, 7) is 3.21. The van der Waals surface area contributed by atoms with Crippen molar-refractivity contribution in [1.82, 2.24) is 15.2 Å². The molecule has 9 heteroatoms. The maximum Gasteiger partial charge on any atom is 0.310 e. The van der Waals surface area contributed by atoms with Crippen LogP contribution in [0.3, 0.4) is 0 Å². The van der Waals surface area contributed by atoms with Crippen LogP contribution in [0.1, 0.15) is 21.7 Å². The van der Waals surface area contributed by atoms with Crippen LogP contribution in [0.15, 0.2) is 42.5 Å². The van der Waals surface area contributed by atoms with E-state index in [-0.39, 0.29) is 5.56 Å². The SMILES string of the molecule is Cc1nn(-c2ccccc2)c(C)c1C(=O)C(=O)NNc1ccc(F)c(F)c1F. The number of rotatable bonds is 5. The minimum absolute atomic E-state index is 0.0916. The second kappa shape index (κ2) is 7.55. The van der Waals surface area contributed by atoms with Gasteiger partial charge in [0.15, 0.2) is 17.5 Å². The van der Waals surface area contributed by atoms with E-state index in [2.05, 4.69) is 10.5 Å². The topological polar surface area (TPSA) is 76.0 Å². The molecule has 28 heavy (non-hydrogen) atoms. The molecule has 6 nitrogen and oxygen atoms in total. The molecule has 0 saturated carbocycles. The van der Waals surface area contributed by atoms with Gasteiger partial charge < -0.3 is 0 Å². The van der Waals surface area contributed by atoms with Gasteiger partial charge in [0, 0.05) is 0 Å². The normalized spacial score (nSPS) is 10.6. The maximum absolute atomic E-state index is 13.6.